The van der Waals surface area contributed by atoms with Crippen molar-refractivity contribution in [3.05, 3.63) is 77.4 Å². The molecule has 2 aliphatic rings. The number of carboxylic acids is 1. The number of ether oxygens (including phenoxy) is 3. The van der Waals surface area contributed by atoms with Crippen molar-refractivity contribution < 1.29 is 37.3 Å². The van der Waals surface area contributed by atoms with Gasteiger partial charge < -0.3 is 19.3 Å². The van der Waals surface area contributed by atoms with Crippen molar-refractivity contribution in [2.24, 2.45) is 0 Å². The van der Waals surface area contributed by atoms with E-state index < -0.39 is 33.5 Å². The second kappa shape index (κ2) is 11.0. The number of carbonyl (C=O) groups excluding carboxylic acids is 1. The smallest absolute Gasteiger partial charge is 0.320 e. The van der Waals surface area contributed by atoms with Gasteiger partial charge in [-0.3, -0.25) is 14.5 Å². The number of carboxylic acid groups (broad SMARTS) is 1. The van der Waals surface area contributed by atoms with Crippen LogP contribution in [0.3, 0.4) is 0 Å². The predicted octanol–water partition coefficient (Wildman–Crippen LogP) is 3.50. The van der Waals surface area contributed by atoms with E-state index in [9.17, 15) is 23.6 Å². The number of nitriles is 1. The molecule has 2 atom stereocenters. The zero-order chi connectivity index (χ0) is 30.2. The first-order valence-electron chi connectivity index (χ1n) is 13.2. The van der Waals surface area contributed by atoms with Gasteiger partial charge in [0, 0.05) is 23.7 Å². The van der Waals surface area contributed by atoms with Crippen molar-refractivity contribution in [2.75, 3.05) is 32.2 Å². The lowest BCUT2D eigenvalue weighted by Gasteiger charge is -2.46. The van der Waals surface area contributed by atoms with Crippen molar-refractivity contribution in [3.8, 4) is 23.3 Å². The molecule has 1 saturated heterocycles. The van der Waals surface area contributed by atoms with Gasteiger partial charge in [0.05, 0.1) is 38.6 Å². The number of rotatable bonds is 8. The van der Waals surface area contributed by atoms with E-state index in [1.54, 1.807) is 29.2 Å². The number of hydrogen-bond acceptors (Lipinski definition) is 9. The number of benzene rings is 3. The largest absolute Gasteiger partial charge is 0.497 e. The Balaban J connectivity index is 1.88. The lowest BCUT2D eigenvalue weighted by atomic mass is 9.78. The average Bonchev–Trinajstić information content (AvgIpc) is 3.28. The number of likely N-dealkylation sites (tertiary alicyclic amines) is 1. The Labute approximate surface area is 243 Å². The van der Waals surface area contributed by atoms with Crippen LogP contribution in [0.5, 0.6) is 17.2 Å². The first-order chi connectivity index (χ1) is 20.2. The summed E-state index contributed by atoms with van der Waals surface area (Å²) in [7, 11) is -0.513. The third-order valence-electron chi connectivity index (χ3n) is 7.83. The first kappa shape index (κ1) is 28.9. The third kappa shape index (κ3) is 4.24. The minimum atomic E-state index is -4.66. The molecule has 2 heterocycles. The molecular weight excluding hydrogens is 562 g/mol. The molecule has 0 saturated carbocycles. The average molecular weight is 592 g/mol. The fourth-order valence-electron chi connectivity index (χ4n) is 5.99. The molecule has 218 valence electrons. The monoisotopic (exact) mass is 591 g/mol. The first-order valence-corrected chi connectivity index (χ1v) is 14.6. The summed E-state index contributed by atoms with van der Waals surface area (Å²) in [6.45, 7) is 0.177. The van der Waals surface area contributed by atoms with E-state index in [1.807, 2.05) is 0 Å². The van der Waals surface area contributed by atoms with Crippen LogP contribution in [0.25, 0.3) is 0 Å². The van der Waals surface area contributed by atoms with E-state index in [0.717, 1.165) is 0 Å². The van der Waals surface area contributed by atoms with Gasteiger partial charge in [0.25, 0.3) is 15.9 Å². The second-order valence-corrected chi connectivity index (χ2v) is 11.6. The zero-order valence-electron chi connectivity index (χ0n) is 23.2. The molecule has 0 aromatic heterocycles. The summed E-state index contributed by atoms with van der Waals surface area (Å²) in [5.74, 6) is -1.50. The Morgan fingerprint density at radius 3 is 2.38 bits per heavy atom. The summed E-state index contributed by atoms with van der Waals surface area (Å²) < 4.78 is 45.9. The highest BCUT2D eigenvalue weighted by molar-refractivity contribution is 7.93. The number of piperidine rings is 1. The lowest BCUT2D eigenvalue weighted by molar-refractivity contribution is -0.149. The molecule has 42 heavy (non-hydrogen) atoms. The van der Waals surface area contributed by atoms with Crippen LogP contribution in [0.1, 0.15) is 36.0 Å². The van der Waals surface area contributed by atoms with E-state index >= 15 is 4.79 Å². The van der Waals surface area contributed by atoms with E-state index in [4.69, 9.17) is 14.2 Å². The van der Waals surface area contributed by atoms with E-state index in [1.165, 1.54) is 57.7 Å². The number of nitrogens with zero attached hydrogens (tertiary/aromatic N) is 3. The molecule has 0 radical (unpaired) electrons. The Morgan fingerprint density at radius 1 is 0.976 bits per heavy atom. The lowest BCUT2D eigenvalue weighted by Crippen LogP contribution is -2.61. The van der Waals surface area contributed by atoms with Crippen LogP contribution in [0.15, 0.2) is 65.6 Å². The van der Waals surface area contributed by atoms with Crippen LogP contribution in [0, 0.1) is 11.3 Å². The molecule has 1 unspecified atom stereocenters. The molecule has 0 spiro atoms. The van der Waals surface area contributed by atoms with Crippen molar-refractivity contribution in [3.63, 3.8) is 0 Å². The molecule has 3 aromatic carbocycles. The Hall–Kier alpha value is -4.60. The Kier molecular flexibility index (Phi) is 7.57. The molecule has 2 aliphatic heterocycles. The molecule has 0 aliphatic carbocycles. The van der Waals surface area contributed by atoms with Gasteiger partial charge in [-0.2, -0.15) is 5.26 Å². The van der Waals surface area contributed by atoms with Crippen LogP contribution in [-0.2, 0) is 25.2 Å². The van der Waals surface area contributed by atoms with E-state index in [-0.39, 0.29) is 51.7 Å². The molecule has 3 aromatic rings. The van der Waals surface area contributed by atoms with Crippen LogP contribution < -0.4 is 18.5 Å². The van der Waals surface area contributed by atoms with Crippen molar-refractivity contribution in [1.82, 2.24) is 4.90 Å². The van der Waals surface area contributed by atoms with Gasteiger partial charge in [0.2, 0.25) is 0 Å². The maximum absolute atomic E-state index is 15.1. The molecule has 12 heteroatoms. The van der Waals surface area contributed by atoms with Crippen molar-refractivity contribution in [1.29, 1.82) is 5.26 Å². The zero-order valence-corrected chi connectivity index (χ0v) is 24.1. The fourth-order valence-corrected chi connectivity index (χ4v) is 7.60. The van der Waals surface area contributed by atoms with Crippen LogP contribution >= 0.6 is 0 Å². The predicted molar refractivity (Wildman–Crippen MR) is 151 cm³/mol. The number of anilines is 1. The number of carbonyl (C=O) groups is 2. The molecular formula is C30H29N3O8S. The normalized spacial score (nSPS) is 20.5. The number of hydrogen-bond donors (Lipinski definition) is 1. The minimum Gasteiger partial charge on any atom is -0.497 e. The van der Waals surface area contributed by atoms with E-state index in [2.05, 4.69) is 6.07 Å². The number of sulfonamides is 1. The summed E-state index contributed by atoms with van der Waals surface area (Å²) in [5.41, 5.74) is -1.35. The molecule has 1 N–H and O–H groups in total. The number of fused-ring (bicyclic) bond motifs is 1. The van der Waals surface area contributed by atoms with Gasteiger partial charge in [0.15, 0.2) is 5.54 Å². The maximum Gasteiger partial charge on any atom is 0.320 e. The van der Waals surface area contributed by atoms with Crippen LogP contribution in [-0.4, -0.2) is 64.2 Å². The Bertz CT molecular complexity index is 1720. The number of aliphatic carboxylic acids is 1. The van der Waals surface area contributed by atoms with Gasteiger partial charge in [-0.05, 0) is 49.2 Å². The standard InChI is InChI=1S/C30H29N3O8S/c1-39-20-12-14-27(26(17-20)41-3)42(37,38)33-23-13-11-19(18-31)16-22(23)30(29(33)36,21-8-4-5-10-25(21)40-2)32-15-7-6-9-24(32)28(34)35/h4-5,8,10-14,16-17,24H,6-7,9,15H2,1-3H3,(H,34,35)/t24-,30?/m0/s1. The van der Waals surface area contributed by atoms with Crippen LogP contribution in [0.4, 0.5) is 5.69 Å². The number of methoxy groups -OCH3 is 3. The van der Waals surface area contributed by atoms with Crippen molar-refractivity contribution >= 4 is 27.6 Å². The van der Waals surface area contributed by atoms with Crippen LogP contribution in [0.2, 0.25) is 0 Å². The van der Waals surface area contributed by atoms with Gasteiger partial charge in [-0.15, -0.1) is 0 Å². The topological polar surface area (TPSA) is 146 Å². The second-order valence-electron chi connectivity index (χ2n) is 9.89. The van der Waals surface area contributed by atoms with Crippen molar-refractivity contribution in [2.45, 2.75) is 35.7 Å². The molecule has 0 bridgehead atoms. The summed E-state index contributed by atoms with van der Waals surface area (Å²) in [5, 5.41) is 20.1. The highest BCUT2D eigenvalue weighted by atomic mass is 32.2. The van der Waals surface area contributed by atoms with Gasteiger partial charge in [-0.25, -0.2) is 12.7 Å². The van der Waals surface area contributed by atoms with Gasteiger partial charge in [0.1, 0.15) is 28.2 Å². The summed E-state index contributed by atoms with van der Waals surface area (Å²) in [4.78, 5) is 29.0. The molecule has 1 amide bonds. The highest BCUT2D eigenvalue weighted by Crippen LogP contribution is 2.54. The number of para-hydroxylation sites is 1. The third-order valence-corrected chi connectivity index (χ3v) is 9.57. The Morgan fingerprint density at radius 2 is 1.71 bits per heavy atom. The summed E-state index contributed by atoms with van der Waals surface area (Å²) in [6.07, 6.45) is 1.42. The number of amides is 1. The molecule has 1 fully saturated rings. The summed E-state index contributed by atoms with van der Waals surface area (Å²) >= 11 is 0. The summed E-state index contributed by atoms with van der Waals surface area (Å²) in [6, 6.07) is 15.9. The fraction of sp³-hybridized carbons (Fsp3) is 0.300. The van der Waals surface area contributed by atoms with Gasteiger partial charge in [-0.1, -0.05) is 24.6 Å². The molecule has 5 rings (SSSR count). The minimum absolute atomic E-state index is 0.00232. The highest BCUT2D eigenvalue weighted by Gasteiger charge is 2.62. The maximum atomic E-state index is 15.1. The SMILES string of the molecule is COc1ccc(S(=O)(=O)N2C(=O)C(c3ccccc3OC)(N3CCCC[C@H]3C(=O)O)c3cc(C#N)ccc32)c(OC)c1. The quantitative estimate of drug-likeness (QED) is 0.413. The van der Waals surface area contributed by atoms with Gasteiger partial charge >= 0.3 is 5.97 Å². The molecule has 11 nitrogen and oxygen atoms in total. The van der Waals surface area contributed by atoms with E-state index in [0.29, 0.717) is 22.9 Å².